The van der Waals surface area contributed by atoms with Gasteiger partial charge in [0.2, 0.25) is 10.0 Å². The Morgan fingerprint density at radius 1 is 1.00 bits per heavy atom. The number of hydrogen-bond acceptors (Lipinski definition) is 4. The van der Waals surface area contributed by atoms with Crippen molar-refractivity contribution in [3.63, 3.8) is 0 Å². The molecule has 0 fully saturated rings. The van der Waals surface area contributed by atoms with E-state index in [2.05, 4.69) is 0 Å². The van der Waals surface area contributed by atoms with Crippen LogP contribution in [0.3, 0.4) is 0 Å². The number of sulfonamides is 1. The van der Waals surface area contributed by atoms with Crippen molar-refractivity contribution in [3.05, 3.63) is 65.7 Å². The highest BCUT2D eigenvalue weighted by Gasteiger charge is 2.29. The number of benzene rings is 2. The van der Waals surface area contributed by atoms with Crippen LogP contribution in [-0.2, 0) is 16.4 Å². The summed E-state index contributed by atoms with van der Waals surface area (Å²) in [5.74, 6) is 0.128. The second kappa shape index (κ2) is 9.46. The highest BCUT2D eigenvalue weighted by molar-refractivity contribution is 7.89. The fourth-order valence-corrected chi connectivity index (χ4v) is 4.53. The summed E-state index contributed by atoms with van der Waals surface area (Å²) >= 11 is 0. The summed E-state index contributed by atoms with van der Waals surface area (Å²) < 4.78 is 27.5. The van der Waals surface area contributed by atoms with E-state index in [0.29, 0.717) is 13.0 Å². The molecule has 0 spiro atoms. The third-order valence-corrected chi connectivity index (χ3v) is 6.27. The van der Waals surface area contributed by atoms with Gasteiger partial charge in [0.05, 0.1) is 11.0 Å². The predicted molar refractivity (Wildman–Crippen MR) is 109 cm³/mol. The van der Waals surface area contributed by atoms with E-state index in [9.17, 15) is 13.5 Å². The maximum atomic E-state index is 13.1. The van der Waals surface area contributed by atoms with E-state index in [4.69, 9.17) is 5.73 Å². The second-order valence-corrected chi connectivity index (χ2v) is 9.39. The molecule has 2 rings (SSSR count). The Balaban J connectivity index is 2.16. The Morgan fingerprint density at radius 2 is 1.59 bits per heavy atom. The SMILES string of the molecule is Cc1ccc(S(=O)(=O)N(CC(C)C)CC(O)[C@@H](N)Cc2ccccc2)cc1. The third kappa shape index (κ3) is 6.14. The van der Waals surface area contributed by atoms with Gasteiger partial charge in [-0.05, 0) is 37.0 Å². The van der Waals surface area contributed by atoms with Crippen molar-refractivity contribution in [2.45, 2.75) is 44.2 Å². The van der Waals surface area contributed by atoms with Crippen molar-refractivity contribution in [3.8, 4) is 0 Å². The fraction of sp³-hybridized carbons (Fsp3) is 0.429. The molecule has 2 atom stereocenters. The molecule has 1 unspecified atom stereocenters. The van der Waals surface area contributed by atoms with Gasteiger partial charge in [-0.3, -0.25) is 0 Å². The van der Waals surface area contributed by atoms with Gasteiger partial charge in [-0.15, -0.1) is 0 Å². The van der Waals surface area contributed by atoms with Crippen molar-refractivity contribution >= 4 is 10.0 Å². The van der Waals surface area contributed by atoms with E-state index in [1.54, 1.807) is 24.3 Å². The third-order valence-electron chi connectivity index (χ3n) is 4.43. The molecule has 3 N–H and O–H groups in total. The molecule has 0 bridgehead atoms. The number of rotatable bonds is 9. The van der Waals surface area contributed by atoms with E-state index in [1.165, 1.54) is 4.31 Å². The van der Waals surface area contributed by atoms with Crippen LogP contribution >= 0.6 is 0 Å². The Morgan fingerprint density at radius 3 is 2.15 bits per heavy atom. The number of hydrogen-bond donors (Lipinski definition) is 2. The van der Waals surface area contributed by atoms with Crippen LogP contribution in [0, 0.1) is 12.8 Å². The molecule has 5 nitrogen and oxygen atoms in total. The molecular weight excluding hydrogens is 360 g/mol. The summed E-state index contributed by atoms with van der Waals surface area (Å²) in [6, 6.07) is 15.9. The fourth-order valence-electron chi connectivity index (χ4n) is 2.90. The molecule has 0 radical (unpaired) electrons. The first-order valence-corrected chi connectivity index (χ1v) is 10.7. The summed E-state index contributed by atoms with van der Waals surface area (Å²) in [6.45, 7) is 6.12. The highest BCUT2D eigenvalue weighted by Crippen LogP contribution is 2.19. The predicted octanol–water partition coefficient (Wildman–Crippen LogP) is 2.57. The summed E-state index contributed by atoms with van der Waals surface area (Å²) in [7, 11) is -3.70. The Labute approximate surface area is 162 Å². The van der Waals surface area contributed by atoms with E-state index in [0.717, 1.165) is 11.1 Å². The lowest BCUT2D eigenvalue weighted by molar-refractivity contribution is 0.116. The first-order chi connectivity index (χ1) is 12.7. The maximum Gasteiger partial charge on any atom is 0.243 e. The first-order valence-electron chi connectivity index (χ1n) is 9.24. The van der Waals surface area contributed by atoms with Gasteiger partial charge in [0, 0.05) is 19.1 Å². The number of aryl methyl sites for hydroxylation is 1. The lowest BCUT2D eigenvalue weighted by Crippen LogP contribution is -2.47. The van der Waals surface area contributed by atoms with Crippen LogP contribution < -0.4 is 5.73 Å². The normalized spacial score (nSPS) is 14.5. The van der Waals surface area contributed by atoms with Crippen LogP contribution in [0.2, 0.25) is 0 Å². The molecule has 0 aromatic heterocycles. The molecule has 0 amide bonds. The summed E-state index contributed by atoms with van der Waals surface area (Å²) in [5, 5.41) is 10.6. The zero-order valence-electron chi connectivity index (χ0n) is 16.2. The Kier molecular flexibility index (Phi) is 7.56. The number of nitrogens with two attached hydrogens (primary N) is 1. The molecule has 0 aliphatic heterocycles. The molecule has 6 heteroatoms. The van der Waals surface area contributed by atoms with Crippen molar-refractivity contribution in [1.82, 2.24) is 4.31 Å². The topological polar surface area (TPSA) is 83.6 Å². The molecule has 148 valence electrons. The zero-order valence-corrected chi connectivity index (χ0v) is 17.1. The van der Waals surface area contributed by atoms with Gasteiger partial charge in [-0.2, -0.15) is 4.31 Å². The van der Waals surface area contributed by atoms with Crippen LogP contribution in [0.4, 0.5) is 0 Å². The Hall–Kier alpha value is -1.73. The average molecular weight is 391 g/mol. The van der Waals surface area contributed by atoms with Crippen LogP contribution in [-0.4, -0.2) is 43.1 Å². The number of aliphatic hydroxyl groups is 1. The van der Waals surface area contributed by atoms with Crippen LogP contribution in [0.5, 0.6) is 0 Å². The molecule has 0 heterocycles. The van der Waals surface area contributed by atoms with Gasteiger partial charge in [-0.25, -0.2) is 8.42 Å². The highest BCUT2D eigenvalue weighted by atomic mass is 32.2. The molecule has 2 aromatic carbocycles. The van der Waals surface area contributed by atoms with Gasteiger partial charge >= 0.3 is 0 Å². The van der Waals surface area contributed by atoms with E-state index < -0.39 is 22.2 Å². The lowest BCUT2D eigenvalue weighted by atomic mass is 10.0. The summed E-state index contributed by atoms with van der Waals surface area (Å²) in [6.07, 6.45) is -0.466. The van der Waals surface area contributed by atoms with Gasteiger partial charge in [0.25, 0.3) is 0 Å². The van der Waals surface area contributed by atoms with Crippen molar-refractivity contribution < 1.29 is 13.5 Å². The maximum absolute atomic E-state index is 13.1. The van der Waals surface area contributed by atoms with E-state index in [1.807, 2.05) is 51.1 Å². The van der Waals surface area contributed by atoms with Crippen molar-refractivity contribution in [2.75, 3.05) is 13.1 Å². The quantitative estimate of drug-likeness (QED) is 0.689. The van der Waals surface area contributed by atoms with E-state index >= 15 is 0 Å². The van der Waals surface area contributed by atoms with Crippen molar-refractivity contribution in [2.24, 2.45) is 11.7 Å². The standard InChI is InChI=1S/C21H30N2O3S/c1-16(2)14-23(27(25,26)19-11-9-17(3)10-12-19)15-21(24)20(22)13-18-7-5-4-6-8-18/h4-12,16,20-21,24H,13-15,22H2,1-3H3/t20-,21?/m0/s1. The number of aliphatic hydroxyl groups excluding tert-OH is 1. The first kappa shape index (κ1) is 21.6. The largest absolute Gasteiger partial charge is 0.390 e. The second-order valence-electron chi connectivity index (χ2n) is 7.45. The molecule has 0 aliphatic carbocycles. The van der Waals surface area contributed by atoms with Crippen molar-refractivity contribution in [1.29, 1.82) is 0 Å². The minimum atomic E-state index is -3.70. The molecule has 0 saturated carbocycles. The summed E-state index contributed by atoms with van der Waals surface area (Å²) in [5.41, 5.74) is 8.17. The minimum absolute atomic E-state index is 0.0254. The van der Waals surface area contributed by atoms with Gasteiger partial charge in [0.15, 0.2) is 0 Å². The van der Waals surface area contributed by atoms with Crippen LogP contribution in [0.1, 0.15) is 25.0 Å². The van der Waals surface area contributed by atoms with Gasteiger partial charge in [-0.1, -0.05) is 61.9 Å². The average Bonchev–Trinajstić information content (AvgIpc) is 2.62. The van der Waals surface area contributed by atoms with Crippen LogP contribution in [0.25, 0.3) is 0 Å². The van der Waals surface area contributed by atoms with E-state index in [-0.39, 0.29) is 17.4 Å². The lowest BCUT2D eigenvalue weighted by Gasteiger charge is -2.28. The molecule has 0 aliphatic rings. The van der Waals surface area contributed by atoms with Gasteiger partial charge in [0.1, 0.15) is 0 Å². The monoisotopic (exact) mass is 390 g/mol. The molecule has 27 heavy (non-hydrogen) atoms. The zero-order chi connectivity index (χ0) is 20.0. The smallest absolute Gasteiger partial charge is 0.243 e. The molecular formula is C21H30N2O3S. The Bertz CT molecular complexity index is 805. The van der Waals surface area contributed by atoms with Gasteiger partial charge < -0.3 is 10.8 Å². The minimum Gasteiger partial charge on any atom is -0.390 e. The number of nitrogens with zero attached hydrogens (tertiary/aromatic N) is 1. The summed E-state index contributed by atoms with van der Waals surface area (Å²) in [4.78, 5) is 0.234. The molecule has 2 aromatic rings. The molecule has 0 saturated heterocycles. The van der Waals surface area contributed by atoms with Crippen LogP contribution in [0.15, 0.2) is 59.5 Å².